The summed E-state index contributed by atoms with van der Waals surface area (Å²) in [5, 5.41) is 21.7. The second-order valence-electron chi connectivity index (χ2n) is 3.19. The molecule has 0 radical (unpaired) electrons. The van der Waals surface area contributed by atoms with Crippen molar-refractivity contribution in [2.75, 3.05) is 0 Å². The zero-order valence-electron chi connectivity index (χ0n) is 8.57. The summed E-state index contributed by atoms with van der Waals surface area (Å²) in [5.41, 5.74) is 5.88. The Bertz CT molecular complexity index is 591. The summed E-state index contributed by atoms with van der Waals surface area (Å²) in [6.45, 7) is 0. The fourth-order valence-corrected chi connectivity index (χ4v) is 1.33. The van der Waals surface area contributed by atoms with Gasteiger partial charge in [0.2, 0.25) is 0 Å². The number of hydrogen-bond acceptors (Lipinski definition) is 5. The van der Waals surface area contributed by atoms with Crippen molar-refractivity contribution in [3.05, 3.63) is 46.5 Å². The molecule has 86 valence electrons. The number of hydrogen-bond donors (Lipinski definition) is 2. The summed E-state index contributed by atoms with van der Waals surface area (Å²) in [4.78, 5) is 13.9. The van der Waals surface area contributed by atoms with E-state index < -0.39 is 4.92 Å². The maximum absolute atomic E-state index is 10.5. The van der Waals surface area contributed by atoms with Crippen LogP contribution >= 0.6 is 0 Å². The molecule has 8 heteroatoms. The van der Waals surface area contributed by atoms with Gasteiger partial charge in [0.25, 0.3) is 0 Å². The van der Waals surface area contributed by atoms with Crippen LogP contribution in [0.3, 0.4) is 0 Å². The molecule has 0 spiro atoms. The predicted octanol–water partition coefficient (Wildman–Crippen LogP) is 0.460. The lowest BCUT2D eigenvalue weighted by Crippen LogP contribution is -2.16. The van der Waals surface area contributed by atoms with Crippen molar-refractivity contribution in [2.45, 2.75) is 0 Å². The Hall–Kier alpha value is -2.77. The monoisotopic (exact) mass is 232 g/mol. The summed E-state index contributed by atoms with van der Waals surface area (Å²) in [6.07, 6.45) is 3.85. The minimum absolute atomic E-state index is 0.136. The molecule has 0 aliphatic rings. The van der Waals surface area contributed by atoms with Crippen LogP contribution in [-0.2, 0) is 0 Å². The highest BCUT2D eigenvalue weighted by molar-refractivity contribution is 5.96. The average molecular weight is 232 g/mol. The molecule has 2 aromatic rings. The van der Waals surface area contributed by atoms with Crippen LogP contribution in [-0.4, -0.2) is 25.5 Å². The van der Waals surface area contributed by atoms with Gasteiger partial charge in [0.1, 0.15) is 23.9 Å². The molecule has 8 nitrogen and oxygen atoms in total. The fourth-order valence-electron chi connectivity index (χ4n) is 1.33. The number of nitrogen functional groups attached to an aromatic ring is 1. The molecule has 0 saturated heterocycles. The Morgan fingerprint density at radius 3 is 2.94 bits per heavy atom. The molecule has 2 rings (SSSR count). The Kier molecular flexibility index (Phi) is 2.53. The highest BCUT2D eigenvalue weighted by Gasteiger charge is 2.13. The third-order valence-electron chi connectivity index (χ3n) is 2.07. The van der Waals surface area contributed by atoms with E-state index in [1.54, 1.807) is 12.1 Å². The maximum atomic E-state index is 10.5. The zero-order valence-corrected chi connectivity index (χ0v) is 8.57. The Morgan fingerprint density at radius 2 is 2.35 bits per heavy atom. The lowest BCUT2D eigenvalue weighted by atomic mass is 10.3. The van der Waals surface area contributed by atoms with Crippen LogP contribution in [0.15, 0.2) is 30.7 Å². The third-order valence-corrected chi connectivity index (χ3v) is 2.07. The Balaban J connectivity index is 2.52. The minimum Gasteiger partial charge on any atom is -0.382 e. The molecule has 0 atom stereocenters. The van der Waals surface area contributed by atoms with Crippen LogP contribution in [0.25, 0.3) is 5.69 Å². The van der Waals surface area contributed by atoms with Crippen LogP contribution in [0.1, 0.15) is 5.69 Å². The lowest BCUT2D eigenvalue weighted by Gasteiger charge is -2.05. The van der Waals surface area contributed by atoms with Gasteiger partial charge in [-0.05, 0) is 12.1 Å². The molecule has 3 N–H and O–H groups in total. The van der Waals surface area contributed by atoms with E-state index in [4.69, 9.17) is 11.1 Å². The van der Waals surface area contributed by atoms with E-state index in [0.29, 0.717) is 5.69 Å². The molecular weight excluding hydrogens is 224 g/mol. The predicted molar refractivity (Wildman–Crippen MR) is 59.0 cm³/mol. The summed E-state index contributed by atoms with van der Waals surface area (Å²) in [5.74, 6) is -0.223. The largest absolute Gasteiger partial charge is 0.382 e. The quantitative estimate of drug-likeness (QED) is 0.344. The van der Waals surface area contributed by atoms with E-state index in [2.05, 4.69) is 10.1 Å². The minimum atomic E-state index is -0.548. The smallest absolute Gasteiger partial charge is 0.307 e. The van der Waals surface area contributed by atoms with Crippen LogP contribution < -0.4 is 5.73 Å². The number of pyridine rings is 1. The number of rotatable bonds is 3. The van der Waals surface area contributed by atoms with Crippen molar-refractivity contribution >= 4 is 11.5 Å². The Morgan fingerprint density at radius 1 is 1.59 bits per heavy atom. The maximum Gasteiger partial charge on any atom is 0.307 e. The average Bonchev–Trinajstić information content (AvgIpc) is 2.78. The molecule has 2 aromatic heterocycles. The molecule has 0 amide bonds. The molecule has 0 bridgehead atoms. The van der Waals surface area contributed by atoms with Crippen LogP contribution in [0.5, 0.6) is 0 Å². The molecule has 0 unspecified atom stereocenters. The molecule has 17 heavy (non-hydrogen) atoms. The van der Waals surface area contributed by atoms with E-state index in [1.165, 1.54) is 17.1 Å². The lowest BCUT2D eigenvalue weighted by molar-refractivity contribution is -0.384. The highest BCUT2D eigenvalue weighted by Crippen LogP contribution is 2.15. The second-order valence-corrected chi connectivity index (χ2v) is 3.19. The van der Waals surface area contributed by atoms with Gasteiger partial charge in [-0.25, -0.2) is 4.68 Å². The molecule has 0 aliphatic carbocycles. The van der Waals surface area contributed by atoms with E-state index in [0.717, 1.165) is 6.20 Å². The summed E-state index contributed by atoms with van der Waals surface area (Å²) in [6, 6.07) is 3.26. The number of nitrogens with two attached hydrogens (primary N) is 1. The van der Waals surface area contributed by atoms with Crippen molar-refractivity contribution in [2.24, 2.45) is 5.73 Å². The van der Waals surface area contributed by atoms with Gasteiger partial charge in [0, 0.05) is 6.20 Å². The molecule has 2 heterocycles. The van der Waals surface area contributed by atoms with E-state index >= 15 is 0 Å². The Labute approximate surface area is 95.4 Å². The first-order valence-corrected chi connectivity index (χ1v) is 4.58. The standard InChI is InChI=1S/C9H8N6O2/c10-9(11)8-7(2-1-3-12-8)14-5-6(4-13-14)15(16)17/h1-5H,(H3,10,11). The van der Waals surface area contributed by atoms with Crippen LogP contribution in [0, 0.1) is 15.5 Å². The SMILES string of the molecule is N=C(N)c1ncccc1-n1cc([N+](=O)[O-])cn1. The van der Waals surface area contributed by atoms with Gasteiger partial charge in [0.15, 0.2) is 0 Å². The van der Waals surface area contributed by atoms with Crippen molar-refractivity contribution in [1.29, 1.82) is 5.41 Å². The second kappa shape index (κ2) is 4.00. The molecule has 0 fully saturated rings. The van der Waals surface area contributed by atoms with Gasteiger partial charge in [-0.1, -0.05) is 0 Å². The van der Waals surface area contributed by atoms with Gasteiger partial charge >= 0.3 is 5.69 Å². The summed E-state index contributed by atoms with van der Waals surface area (Å²) < 4.78 is 1.27. The van der Waals surface area contributed by atoms with Crippen molar-refractivity contribution in [3.63, 3.8) is 0 Å². The third kappa shape index (κ3) is 1.95. The van der Waals surface area contributed by atoms with Crippen molar-refractivity contribution < 1.29 is 4.92 Å². The first-order valence-electron chi connectivity index (χ1n) is 4.58. The van der Waals surface area contributed by atoms with Gasteiger partial charge in [-0.2, -0.15) is 5.10 Å². The van der Waals surface area contributed by atoms with Gasteiger partial charge in [-0.3, -0.25) is 20.5 Å². The van der Waals surface area contributed by atoms with Crippen molar-refractivity contribution in [1.82, 2.24) is 14.8 Å². The number of amidine groups is 1. The summed E-state index contributed by atoms with van der Waals surface area (Å²) in [7, 11) is 0. The molecule has 0 aromatic carbocycles. The number of aromatic nitrogens is 3. The molecule has 0 saturated carbocycles. The van der Waals surface area contributed by atoms with Gasteiger partial charge in [-0.15, -0.1) is 0 Å². The number of nitro groups is 1. The van der Waals surface area contributed by atoms with Gasteiger partial charge in [0.05, 0.1) is 10.6 Å². The number of nitrogens with zero attached hydrogens (tertiary/aromatic N) is 4. The normalized spacial score (nSPS) is 10.1. The van der Waals surface area contributed by atoms with Gasteiger partial charge < -0.3 is 5.73 Å². The topological polar surface area (TPSA) is 124 Å². The summed E-state index contributed by atoms with van der Waals surface area (Å²) >= 11 is 0. The zero-order chi connectivity index (χ0) is 12.4. The molecular formula is C9H8N6O2. The van der Waals surface area contributed by atoms with E-state index in [-0.39, 0.29) is 17.2 Å². The molecule has 0 aliphatic heterocycles. The number of nitrogens with one attached hydrogen (secondary N) is 1. The van der Waals surface area contributed by atoms with E-state index in [1.807, 2.05) is 0 Å². The first kappa shape index (κ1) is 10.7. The van der Waals surface area contributed by atoms with E-state index in [9.17, 15) is 10.1 Å². The highest BCUT2D eigenvalue weighted by atomic mass is 16.6. The van der Waals surface area contributed by atoms with Crippen LogP contribution in [0.4, 0.5) is 5.69 Å². The van der Waals surface area contributed by atoms with Crippen molar-refractivity contribution in [3.8, 4) is 5.69 Å². The fraction of sp³-hybridized carbons (Fsp3) is 0. The van der Waals surface area contributed by atoms with Crippen LogP contribution in [0.2, 0.25) is 0 Å². The first-order chi connectivity index (χ1) is 8.09.